The van der Waals surface area contributed by atoms with Crippen LogP contribution in [0.2, 0.25) is 0 Å². The molecule has 0 radical (unpaired) electrons. The van der Waals surface area contributed by atoms with Crippen molar-refractivity contribution in [1.29, 1.82) is 0 Å². The number of nitrogens with zero attached hydrogens (tertiary/aromatic N) is 3. The molecule has 0 saturated heterocycles. The highest BCUT2D eigenvalue weighted by Gasteiger charge is 2.27. The summed E-state index contributed by atoms with van der Waals surface area (Å²) in [5.74, 6) is 1.92. The summed E-state index contributed by atoms with van der Waals surface area (Å²) in [5.41, 5.74) is 3.08. The van der Waals surface area contributed by atoms with E-state index in [-0.39, 0.29) is 11.8 Å². The molecule has 2 aromatic rings. The van der Waals surface area contributed by atoms with Crippen LogP contribution in [0.5, 0.6) is 0 Å². The maximum atomic E-state index is 12.2. The molecule has 2 aromatic heterocycles. The topological polar surface area (TPSA) is 59.2 Å². The van der Waals surface area contributed by atoms with E-state index in [9.17, 15) is 4.79 Å². The number of rotatable bonds is 2. The highest BCUT2D eigenvalue weighted by Crippen LogP contribution is 2.24. The van der Waals surface area contributed by atoms with Crippen molar-refractivity contribution in [1.82, 2.24) is 14.9 Å². The van der Waals surface area contributed by atoms with Crippen LogP contribution >= 0.6 is 11.3 Å². The second kappa shape index (κ2) is 4.77. The molecule has 0 unspecified atom stereocenters. The van der Waals surface area contributed by atoms with Gasteiger partial charge in [0.1, 0.15) is 17.1 Å². The molecule has 5 nitrogen and oxygen atoms in total. The normalized spacial score (nSPS) is 14.8. The minimum Gasteiger partial charge on any atom is -0.445 e. The van der Waals surface area contributed by atoms with Crippen molar-refractivity contribution in [3.8, 4) is 0 Å². The maximum absolute atomic E-state index is 12.2. The van der Waals surface area contributed by atoms with Gasteiger partial charge in [0.25, 0.3) is 5.91 Å². The molecule has 0 aromatic carbocycles. The van der Waals surface area contributed by atoms with Gasteiger partial charge in [-0.05, 0) is 0 Å². The zero-order chi connectivity index (χ0) is 13.4. The molecule has 3 rings (SSSR count). The first-order valence-corrected chi connectivity index (χ1v) is 7.25. The summed E-state index contributed by atoms with van der Waals surface area (Å²) in [6.45, 7) is 5.28. The van der Waals surface area contributed by atoms with Crippen molar-refractivity contribution in [3.63, 3.8) is 0 Å². The van der Waals surface area contributed by atoms with E-state index < -0.39 is 0 Å². The van der Waals surface area contributed by atoms with Crippen molar-refractivity contribution in [3.05, 3.63) is 33.9 Å². The van der Waals surface area contributed by atoms with E-state index in [4.69, 9.17) is 4.42 Å². The number of aromatic nitrogens is 2. The molecule has 0 spiro atoms. The van der Waals surface area contributed by atoms with E-state index in [1.54, 1.807) is 15.8 Å². The molecular weight excluding hydrogens is 262 g/mol. The van der Waals surface area contributed by atoms with Gasteiger partial charge < -0.3 is 9.32 Å². The smallest absolute Gasteiger partial charge is 0.273 e. The predicted octanol–water partition coefficient (Wildman–Crippen LogP) is 2.45. The van der Waals surface area contributed by atoms with Crippen LogP contribution in [0.1, 0.15) is 47.6 Å². The van der Waals surface area contributed by atoms with Crippen molar-refractivity contribution in [2.24, 2.45) is 0 Å². The number of thiazole rings is 1. The molecule has 19 heavy (non-hydrogen) atoms. The molecule has 6 heteroatoms. The number of carbonyl (C=O) groups excluding carboxylic acids is 1. The van der Waals surface area contributed by atoms with Gasteiger partial charge in [-0.15, -0.1) is 11.3 Å². The van der Waals surface area contributed by atoms with Crippen LogP contribution in [-0.4, -0.2) is 27.3 Å². The Morgan fingerprint density at radius 2 is 2.37 bits per heavy atom. The van der Waals surface area contributed by atoms with Crippen molar-refractivity contribution in [2.75, 3.05) is 6.54 Å². The third-order valence-corrected chi connectivity index (χ3v) is 3.76. The quantitative estimate of drug-likeness (QED) is 0.846. The van der Waals surface area contributed by atoms with Crippen LogP contribution in [0.4, 0.5) is 0 Å². The Morgan fingerprint density at radius 1 is 1.53 bits per heavy atom. The summed E-state index contributed by atoms with van der Waals surface area (Å²) < 4.78 is 5.72. The lowest BCUT2D eigenvalue weighted by atomic mass is 10.1. The van der Waals surface area contributed by atoms with Gasteiger partial charge in [0.15, 0.2) is 5.89 Å². The van der Waals surface area contributed by atoms with Gasteiger partial charge in [-0.3, -0.25) is 4.79 Å². The van der Waals surface area contributed by atoms with Gasteiger partial charge in [-0.1, -0.05) is 13.8 Å². The molecule has 1 amide bonds. The van der Waals surface area contributed by atoms with Crippen LogP contribution in [-0.2, 0) is 13.0 Å². The summed E-state index contributed by atoms with van der Waals surface area (Å²) in [6, 6.07) is 0. The van der Waals surface area contributed by atoms with E-state index in [0.717, 1.165) is 23.8 Å². The summed E-state index contributed by atoms with van der Waals surface area (Å²) in [7, 11) is 0. The second-order valence-electron chi connectivity index (χ2n) is 4.93. The summed E-state index contributed by atoms with van der Waals surface area (Å²) in [6.07, 6.45) is 0.727. The van der Waals surface area contributed by atoms with Crippen LogP contribution in [0.15, 0.2) is 15.3 Å². The van der Waals surface area contributed by atoms with E-state index in [0.29, 0.717) is 18.8 Å². The molecule has 1 aliphatic rings. The van der Waals surface area contributed by atoms with Gasteiger partial charge in [0.05, 0.1) is 12.1 Å². The summed E-state index contributed by atoms with van der Waals surface area (Å²) in [4.78, 5) is 22.6. The third-order valence-electron chi connectivity index (χ3n) is 3.18. The average molecular weight is 277 g/mol. The van der Waals surface area contributed by atoms with Gasteiger partial charge in [0.2, 0.25) is 0 Å². The van der Waals surface area contributed by atoms with E-state index in [1.807, 2.05) is 0 Å². The standard InChI is InChI=1S/C13H15N3O2S/c1-8(2)12-15-9-5-16(4-3-11(9)18-12)13(17)10-6-19-7-14-10/h6-8H,3-5H2,1-2H3. The number of hydrogen-bond donors (Lipinski definition) is 0. The number of amides is 1. The van der Waals surface area contributed by atoms with Crippen LogP contribution in [0.3, 0.4) is 0 Å². The molecule has 0 fully saturated rings. The zero-order valence-corrected chi connectivity index (χ0v) is 11.7. The Hall–Kier alpha value is -1.69. The van der Waals surface area contributed by atoms with Gasteiger partial charge in [0, 0.05) is 24.3 Å². The van der Waals surface area contributed by atoms with Crippen LogP contribution < -0.4 is 0 Å². The first-order chi connectivity index (χ1) is 9.15. The highest BCUT2D eigenvalue weighted by molar-refractivity contribution is 7.07. The minimum atomic E-state index is -0.0269. The number of oxazole rings is 1. The molecule has 0 N–H and O–H groups in total. The monoisotopic (exact) mass is 277 g/mol. The first kappa shape index (κ1) is 12.3. The Morgan fingerprint density at radius 3 is 3.05 bits per heavy atom. The molecular formula is C13H15N3O2S. The molecule has 1 aliphatic heterocycles. The predicted molar refractivity (Wildman–Crippen MR) is 71.2 cm³/mol. The second-order valence-corrected chi connectivity index (χ2v) is 5.65. The Balaban J connectivity index is 1.80. The van der Waals surface area contributed by atoms with Gasteiger partial charge in [-0.25, -0.2) is 9.97 Å². The molecule has 0 atom stereocenters. The lowest BCUT2D eigenvalue weighted by Crippen LogP contribution is -2.35. The Bertz CT molecular complexity index is 589. The van der Waals surface area contributed by atoms with Gasteiger partial charge >= 0.3 is 0 Å². The van der Waals surface area contributed by atoms with E-state index in [2.05, 4.69) is 23.8 Å². The molecule has 0 saturated carbocycles. The number of carbonyl (C=O) groups is 1. The Kier molecular flexibility index (Phi) is 3.10. The van der Waals surface area contributed by atoms with Crippen molar-refractivity contribution >= 4 is 17.2 Å². The summed E-state index contributed by atoms with van der Waals surface area (Å²) >= 11 is 1.43. The van der Waals surface area contributed by atoms with Gasteiger partial charge in [-0.2, -0.15) is 0 Å². The molecule has 0 aliphatic carbocycles. The zero-order valence-electron chi connectivity index (χ0n) is 10.9. The van der Waals surface area contributed by atoms with E-state index >= 15 is 0 Å². The minimum absolute atomic E-state index is 0.0269. The first-order valence-electron chi connectivity index (χ1n) is 6.31. The number of hydrogen-bond acceptors (Lipinski definition) is 5. The lowest BCUT2D eigenvalue weighted by molar-refractivity contribution is 0.0722. The highest BCUT2D eigenvalue weighted by atomic mass is 32.1. The van der Waals surface area contributed by atoms with Crippen molar-refractivity contribution < 1.29 is 9.21 Å². The molecule has 0 bridgehead atoms. The fourth-order valence-electron chi connectivity index (χ4n) is 2.12. The van der Waals surface area contributed by atoms with E-state index in [1.165, 1.54) is 11.3 Å². The average Bonchev–Trinajstić information content (AvgIpc) is 3.06. The Labute approximate surface area is 115 Å². The summed E-state index contributed by atoms with van der Waals surface area (Å²) in [5, 5.41) is 1.78. The lowest BCUT2D eigenvalue weighted by Gasteiger charge is -2.24. The fraction of sp³-hybridized carbons (Fsp3) is 0.462. The SMILES string of the molecule is CC(C)c1nc2c(o1)CCN(C(=O)c1cscn1)C2. The van der Waals surface area contributed by atoms with Crippen molar-refractivity contribution in [2.45, 2.75) is 32.7 Å². The van der Waals surface area contributed by atoms with Crippen LogP contribution in [0, 0.1) is 0 Å². The largest absolute Gasteiger partial charge is 0.445 e. The molecule has 3 heterocycles. The fourth-order valence-corrected chi connectivity index (χ4v) is 2.64. The maximum Gasteiger partial charge on any atom is 0.273 e. The number of fused-ring (bicyclic) bond motifs is 1. The molecule has 100 valence electrons. The van der Waals surface area contributed by atoms with Crippen LogP contribution in [0.25, 0.3) is 0 Å². The third kappa shape index (κ3) is 2.28.